The minimum atomic E-state index is 0.107. The first-order chi connectivity index (χ1) is 33.1. The Balaban J connectivity index is 1.05. The molecule has 0 N–H and O–H groups in total. The molecular formula is C64H49BN2. The van der Waals surface area contributed by atoms with Gasteiger partial charge in [-0.2, -0.15) is 0 Å². The predicted molar refractivity (Wildman–Crippen MR) is 288 cm³/mol. The lowest BCUT2D eigenvalue weighted by molar-refractivity contribution is 0.682. The Kier molecular flexibility index (Phi) is 7.95. The normalized spacial score (nSPS) is 15.0. The van der Waals surface area contributed by atoms with Crippen molar-refractivity contribution in [3.8, 4) is 0 Å². The fourth-order valence-corrected chi connectivity index (χ4v) is 13.8. The average molecular weight is 857 g/mol. The van der Waals surface area contributed by atoms with Gasteiger partial charge < -0.3 is 9.80 Å². The van der Waals surface area contributed by atoms with Gasteiger partial charge in [-0.3, -0.25) is 0 Å². The first-order valence-corrected chi connectivity index (χ1v) is 24.8. The van der Waals surface area contributed by atoms with Gasteiger partial charge in [-0.05, 0) is 216 Å². The van der Waals surface area contributed by atoms with E-state index >= 15 is 0 Å². The van der Waals surface area contributed by atoms with E-state index in [-0.39, 0.29) is 6.71 Å². The molecule has 2 nitrogen and oxygen atoms in total. The maximum absolute atomic E-state index is 2.71. The maximum Gasteiger partial charge on any atom is 0.252 e. The third-order valence-corrected chi connectivity index (χ3v) is 16.6. The van der Waals surface area contributed by atoms with Crippen LogP contribution in [-0.2, 0) is 25.7 Å². The summed E-state index contributed by atoms with van der Waals surface area (Å²) >= 11 is 0. The minimum Gasteiger partial charge on any atom is -0.311 e. The molecule has 11 aromatic rings. The van der Waals surface area contributed by atoms with Crippen LogP contribution in [0.4, 0.5) is 34.1 Å². The van der Waals surface area contributed by atoms with E-state index in [2.05, 4.69) is 187 Å². The van der Waals surface area contributed by atoms with E-state index in [1.165, 1.54) is 152 Å². The van der Waals surface area contributed by atoms with Crippen LogP contribution in [-0.4, -0.2) is 6.71 Å². The molecule has 0 bridgehead atoms. The molecule has 2 heterocycles. The number of aryl methyl sites for hydroxylation is 2. The smallest absolute Gasteiger partial charge is 0.252 e. The SMILES string of the molecule is Cc1cc2c(c3c1CCCC3)N(c1ccc3c4ccccc4c4ccccc4c3c1)c1cccc3c1B2c1cc(C)c2c(c1N3c1ccc3c4ccccc4c4ccccc4c3c1)CCCC2. The number of benzene rings is 11. The van der Waals surface area contributed by atoms with Crippen molar-refractivity contribution in [2.24, 2.45) is 0 Å². The highest BCUT2D eigenvalue weighted by atomic mass is 15.2. The van der Waals surface area contributed by atoms with E-state index in [1.807, 2.05) is 0 Å². The fourth-order valence-electron chi connectivity index (χ4n) is 13.8. The van der Waals surface area contributed by atoms with Crippen LogP contribution in [0.15, 0.2) is 164 Å². The van der Waals surface area contributed by atoms with Gasteiger partial charge in [0.25, 0.3) is 6.71 Å². The van der Waals surface area contributed by atoms with Gasteiger partial charge in [-0.1, -0.05) is 127 Å². The van der Waals surface area contributed by atoms with E-state index < -0.39 is 0 Å². The number of fused-ring (bicyclic) bond motifs is 20. The van der Waals surface area contributed by atoms with Crippen molar-refractivity contribution in [1.29, 1.82) is 0 Å². The van der Waals surface area contributed by atoms with Crippen LogP contribution >= 0.6 is 0 Å². The second-order valence-corrected chi connectivity index (χ2v) is 20.0. The van der Waals surface area contributed by atoms with E-state index in [9.17, 15) is 0 Å². The molecule has 2 aliphatic heterocycles. The van der Waals surface area contributed by atoms with Gasteiger partial charge in [0.1, 0.15) is 0 Å². The van der Waals surface area contributed by atoms with Crippen LogP contribution in [0.2, 0.25) is 0 Å². The lowest BCUT2D eigenvalue weighted by atomic mass is 9.32. The molecule has 0 saturated carbocycles. The molecule has 0 atom stereocenters. The van der Waals surface area contributed by atoms with E-state index in [0.29, 0.717) is 0 Å². The monoisotopic (exact) mass is 856 g/mol. The molecule has 11 aromatic carbocycles. The highest BCUT2D eigenvalue weighted by Crippen LogP contribution is 2.50. The molecule has 15 rings (SSSR count). The molecule has 2 aliphatic carbocycles. The highest BCUT2D eigenvalue weighted by Gasteiger charge is 2.46. The van der Waals surface area contributed by atoms with Crippen LogP contribution < -0.4 is 26.2 Å². The van der Waals surface area contributed by atoms with E-state index in [4.69, 9.17) is 0 Å². The average Bonchev–Trinajstić information content (AvgIpc) is 3.39. The summed E-state index contributed by atoms with van der Waals surface area (Å²) in [5, 5.41) is 15.8. The van der Waals surface area contributed by atoms with Crippen molar-refractivity contribution >= 4 is 122 Å². The molecular weight excluding hydrogens is 808 g/mol. The van der Waals surface area contributed by atoms with E-state index in [1.54, 1.807) is 22.3 Å². The lowest BCUT2D eigenvalue weighted by Crippen LogP contribution is -2.62. The predicted octanol–water partition coefficient (Wildman–Crippen LogP) is 15.1. The Bertz CT molecular complexity index is 3670. The molecule has 0 saturated heterocycles. The number of anilines is 6. The Labute approximate surface area is 392 Å². The zero-order valence-corrected chi connectivity index (χ0v) is 38.2. The van der Waals surface area contributed by atoms with Crippen molar-refractivity contribution < 1.29 is 0 Å². The van der Waals surface area contributed by atoms with Gasteiger partial charge in [0.2, 0.25) is 0 Å². The number of hydrogen-bond acceptors (Lipinski definition) is 2. The molecule has 0 radical (unpaired) electrons. The van der Waals surface area contributed by atoms with Crippen LogP contribution in [0.3, 0.4) is 0 Å². The van der Waals surface area contributed by atoms with Gasteiger partial charge >= 0.3 is 0 Å². The summed E-state index contributed by atoms with van der Waals surface area (Å²) in [7, 11) is 0. The highest BCUT2D eigenvalue weighted by molar-refractivity contribution is 7.00. The first kappa shape index (κ1) is 37.8. The standard InChI is InChI=1S/C64H49BN2/c1-38-34-58-63(54-26-13-3-16-42(38)54)66(40-30-32-52-48-22-7-5-18-44(48)46-20-9-11-24-50(46)56(52)36-40)60-28-15-29-61-62(60)65(58)59-35-39(2)43-17-4-14-27-55(43)64(59)67(61)41-31-33-53-49-23-8-6-19-45(49)47-21-10-12-25-51(47)57(53)37-41/h5-12,15,18-25,28-37H,3-4,13-14,16-17,26-27H2,1-2H3. The zero-order chi connectivity index (χ0) is 44.1. The first-order valence-electron chi connectivity index (χ1n) is 24.8. The molecule has 0 spiro atoms. The molecule has 0 amide bonds. The van der Waals surface area contributed by atoms with Crippen molar-refractivity contribution in [2.45, 2.75) is 65.2 Å². The van der Waals surface area contributed by atoms with Gasteiger partial charge in [0.05, 0.1) is 0 Å². The van der Waals surface area contributed by atoms with Crippen molar-refractivity contribution in [1.82, 2.24) is 0 Å². The summed E-state index contributed by atoms with van der Waals surface area (Å²) in [4.78, 5) is 5.43. The summed E-state index contributed by atoms with van der Waals surface area (Å²) in [5.41, 5.74) is 21.5. The summed E-state index contributed by atoms with van der Waals surface area (Å²) < 4.78 is 0. The molecule has 0 fully saturated rings. The lowest BCUT2D eigenvalue weighted by Gasteiger charge is -2.47. The van der Waals surface area contributed by atoms with Crippen LogP contribution in [0, 0.1) is 13.8 Å². The number of nitrogens with zero attached hydrogens (tertiary/aromatic N) is 2. The molecule has 0 unspecified atom stereocenters. The topological polar surface area (TPSA) is 6.48 Å². The molecule has 67 heavy (non-hydrogen) atoms. The number of rotatable bonds is 2. The van der Waals surface area contributed by atoms with E-state index in [0.717, 1.165) is 25.7 Å². The Morgan fingerprint density at radius 2 is 0.657 bits per heavy atom. The van der Waals surface area contributed by atoms with Crippen molar-refractivity contribution in [3.05, 3.63) is 197 Å². The minimum absolute atomic E-state index is 0.107. The van der Waals surface area contributed by atoms with Gasteiger partial charge in [0.15, 0.2) is 0 Å². The van der Waals surface area contributed by atoms with Crippen LogP contribution in [0.1, 0.15) is 59.1 Å². The number of hydrogen-bond donors (Lipinski definition) is 0. The molecule has 318 valence electrons. The maximum atomic E-state index is 2.71. The fraction of sp³-hybridized carbons (Fsp3) is 0.156. The third kappa shape index (κ3) is 5.18. The molecule has 4 aliphatic rings. The Morgan fingerprint density at radius 1 is 0.328 bits per heavy atom. The van der Waals surface area contributed by atoms with Gasteiger partial charge in [0, 0.05) is 34.1 Å². The second kappa shape index (κ2) is 14.1. The zero-order valence-electron chi connectivity index (χ0n) is 38.2. The molecule has 0 aromatic heterocycles. The Hall–Kier alpha value is -7.36. The Morgan fingerprint density at radius 3 is 1.03 bits per heavy atom. The second-order valence-electron chi connectivity index (χ2n) is 20.0. The summed E-state index contributed by atoms with van der Waals surface area (Å²) in [5.74, 6) is 0. The molecule has 3 heteroatoms. The van der Waals surface area contributed by atoms with Crippen LogP contribution in [0.5, 0.6) is 0 Å². The van der Waals surface area contributed by atoms with Gasteiger partial charge in [-0.15, -0.1) is 0 Å². The third-order valence-electron chi connectivity index (χ3n) is 16.6. The summed E-state index contributed by atoms with van der Waals surface area (Å²) in [6.45, 7) is 4.91. The quantitative estimate of drug-likeness (QED) is 0.126. The van der Waals surface area contributed by atoms with Crippen molar-refractivity contribution in [3.63, 3.8) is 0 Å². The summed E-state index contributed by atoms with van der Waals surface area (Å²) in [6, 6.07) is 63.3. The van der Waals surface area contributed by atoms with Gasteiger partial charge in [-0.25, -0.2) is 0 Å². The summed E-state index contributed by atoms with van der Waals surface area (Å²) in [6.07, 6.45) is 9.49. The largest absolute Gasteiger partial charge is 0.311 e. The van der Waals surface area contributed by atoms with Crippen molar-refractivity contribution in [2.75, 3.05) is 9.80 Å². The van der Waals surface area contributed by atoms with Crippen LogP contribution in [0.25, 0.3) is 64.6 Å².